The van der Waals surface area contributed by atoms with Crippen molar-refractivity contribution in [1.82, 2.24) is 5.48 Å². The van der Waals surface area contributed by atoms with E-state index in [2.05, 4.69) is 5.48 Å². The first-order chi connectivity index (χ1) is 9.82. The minimum absolute atomic E-state index is 0.0337. The Labute approximate surface area is 123 Å². The molecule has 0 aliphatic carbocycles. The van der Waals surface area contributed by atoms with Crippen LogP contribution in [0.25, 0.3) is 5.70 Å². The van der Waals surface area contributed by atoms with E-state index in [4.69, 9.17) is 13.4 Å². The van der Waals surface area contributed by atoms with E-state index < -0.39 is 15.7 Å². The first kappa shape index (κ1) is 17.3. The van der Waals surface area contributed by atoms with Crippen LogP contribution in [-0.2, 0) is 21.4 Å². The average Bonchev–Trinajstić information content (AvgIpc) is 2.39. The zero-order valence-electron chi connectivity index (χ0n) is 12.4. The van der Waals surface area contributed by atoms with Crippen molar-refractivity contribution in [3.05, 3.63) is 33.9 Å². The van der Waals surface area contributed by atoms with Crippen LogP contribution < -0.4 is 15.3 Å². The first-order valence-electron chi connectivity index (χ1n) is 6.43. The van der Waals surface area contributed by atoms with E-state index in [1.807, 2.05) is 0 Å². The molecule has 118 valence electrons. The molecule has 1 N–H and O–H groups in total. The van der Waals surface area contributed by atoms with E-state index in [1.165, 1.54) is 6.07 Å². The normalized spacial score (nSPS) is 12.3. The van der Waals surface area contributed by atoms with E-state index in [0.29, 0.717) is 18.8 Å². The lowest BCUT2D eigenvalue weighted by Crippen LogP contribution is -2.21. The molecule has 0 fully saturated rings. The SMILES string of the molecule is CC=C(NOCC)c1c(OS(C)(=O)=O)cc(CC)oc1=O. The van der Waals surface area contributed by atoms with E-state index >= 15 is 0 Å². The number of hydrogen-bond acceptors (Lipinski definition) is 7. The molecule has 21 heavy (non-hydrogen) atoms. The highest BCUT2D eigenvalue weighted by Crippen LogP contribution is 2.24. The van der Waals surface area contributed by atoms with Crippen LogP contribution >= 0.6 is 0 Å². The molecular weight excluding hydrogens is 298 g/mol. The number of nitrogens with one attached hydrogen (secondary N) is 1. The second kappa shape index (κ2) is 7.28. The molecule has 8 heteroatoms. The highest BCUT2D eigenvalue weighted by Gasteiger charge is 2.20. The molecule has 0 amide bonds. The fourth-order valence-corrected chi connectivity index (χ4v) is 2.03. The fraction of sp³-hybridized carbons (Fsp3) is 0.462. The number of aryl methyl sites for hydroxylation is 1. The predicted octanol–water partition coefficient (Wildman–Crippen LogP) is 1.44. The Morgan fingerprint density at radius 3 is 2.57 bits per heavy atom. The van der Waals surface area contributed by atoms with Crippen molar-refractivity contribution < 1.29 is 21.9 Å². The van der Waals surface area contributed by atoms with Gasteiger partial charge in [-0.15, -0.1) is 0 Å². The fourth-order valence-electron chi connectivity index (χ4n) is 1.57. The third-order valence-corrected chi connectivity index (χ3v) is 2.92. The van der Waals surface area contributed by atoms with Gasteiger partial charge in [-0.2, -0.15) is 8.42 Å². The summed E-state index contributed by atoms with van der Waals surface area (Å²) in [5, 5.41) is 0. The van der Waals surface area contributed by atoms with Crippen LogP contribution in [0, 0.1) is 0 Å². The standard InChI is InChI=1S/C13H19NO6S/c1-5-9-8-11(20-21(4,16)17)12(13(15)19-9)10(6-2)14-18-7-3/h6,8,14H,5,7H2,1-4H3. The smallest absolute Gasteiger partial charge is 0.349 e. The van der Waals surface area contributed by atoms with Gasteiger partial charge >= 0.3 is 15.7 Å². The monoisotopic (exact) mass is 317 g/mol. The molecule has 0 aliphatic rings. The van der Waals surface area contributed by atoms with Crippen molar-refractivity contribution in [1.29, 1.82) is 0 Å². The lowest BCUT2D eigenvalue weighted by atomic mass is 10.1. The van der Waals surface area contributed by atoms with E-state index in [0.717, 1.165) is 6.26 Å². The van der Waals surface area contributed by atoms with E-state index in [1.54, 1.807) is 26.8 Å². The van der Waals surface area contributed by atoms with Gasteiger partial charge in [-0.3, -0.25) is 10.3 Å². The van der Waals surface area contributed by atoms with Gasteiger partial charge in [-0.05, 0) is 13.8 Å². The van der Waals surface area contributed by atoms with Gasteiger partial charge in [-0.1, -0.05) is 13.0 Å². The van der Waals surface area contributed by atoms with Crippen LogP contribution in [0.4, 0.5) is 0 Å². The molecule has 7 nitrogen and oxygen atoms in total. The van der Waals surface area contributed by atoms with Crippen molar-refractivity contribution >= 4 is 15.8 Å². The third kappa shape index (κ3) is 4.91. The maximum atomic E-state index is 12.1. The molecule has 0 saturated heterocycles. The maximum Gasteiger partial charge on any atom is 0.349 e. The van der Waals surface area contributed by atoms with Crippen molar-refractivity contribution in [2.45, 2.75) is 27.2 Å². The van der Waals surface area contributed by atoms with E-state index in [9.17, 15) is 13.2 Å². The quantitative estimate of drug-likeness (QED) is 0.600. The summed E-state index contributed by atoms with van der Waals surface area (Å²) in [5.74, 6) is 0.236. The summed E-state index contributed by atoms with van der Waals surface area (Å²) in [4.78, 5) is 17.1. The van der Waals surface area contributed by atoms with Gasteiger partial charge in [-0.25, -0.2) is 4.79 Å². The largest absolute Gasteiger partial charge is 0.427 e. The highest BCUT2D eigenvalue weighted by molar-refractivity contribution is 7.86. The molecule has 0 aromatic carbocycles. The summed E-state index contributed by atoms with van der Waals surface area (Å²) in [6.45, 7) is 5.56. The zero-order valence-corrected chi connectivity index (χ0v) is 13.2. The van der Waals surface area contributed by atoms with Crippen molar-refractivity contribution in [2.75, 3.05) is 12.9 Å². The molecular formula is C13H19NO6S. The Morgan fingerprint density at radius 2 is 2.10 bits per heavy atom. The average molecular weight is 317 g/mol. The molecule has 0 atom stereocenters. The van der Waals surface area contributed by atoms with Gasteiger partial charge in [0, 0.05) is 12.5 Å². The zero-order chi connectivity index (χ0) is 16.0. The minimum Gasteiger partial charge on any atom is -0.427 e. The summed E-state index contributed by atoms with van der Waals surface area (Å²) in [5.41, 5.74) is 2.10. The van der Waals surface area contributed by atoms with Crippen LogP contribution in [0.5, 0.6) is 5.75 Å². The Hall–Kier alpha value is -1.80. The van der Waals surface area contributed by atoms with Crippen LogP contribution in [0.2, 0.25) is 0 Å². The molecule has 0 radical (unpaired) electrons. The van der Waals surface area contributed by atoms with Crippen LogP contribution in [0.1, 0.15) is 32.1 Å². The summed E-state index contributed by atoms with van der Waals surface area (Å²) in [6, 6.07) is 1.38. The second-order valence-electron chi connectivity index (χ2n) is 4.12. The van der Waals surface area contributed by atoms with Crippen LogP contribution in [0.3, 0.4) is 0 Å². The molecule has 1 rings (SSSR count). The molecule has 0 saturated carbocycles. The number of rotatable bonds is 7. The van der Waals surface area contributed by atoms with Gasteiger partial charge in [0.2, 0.25) is 0 Å². The first-order valence-corrected chi connectivity index (χ1v) is 8.25. The summed E-state index contributed by atoms with van der Waals surface area (Å²) >= 11 is 0. The Morgan fingerprint density at radius 1 is 1.43 bits per heavy atom. The third-order valence-electron chi connectivity index (χ3n) is 2.44. The summed E-state index contributed by atoms with van der Waals surface area (Å²) < 4.78 is 32.7. The van der Waals surface area contributed by atoms with Crippen LogP contribution in [0.15, 0.2) is 21.4 Å². The van der Waals surface area contributed by atoms with Crippen molar-refractivity contribution in [2.24, 2.45) is 0 Å². The molecule has 1 aromatic rings. The van der Waals surface area contributed by atoms with Gasteiger partial charge in [0.25, 0.3) is 0 Å². The molecule has 0 unspecified atom stereocenters. The molecule has 0 aliphatic heterocycles. The second-order valence-corrected chi connectivity index (χ2v) is 5.69. The van der Waals surface area contributed by atoms with Gasteiger partial charge in [0.1, 0.15) is 11.3 Å². The Balaban J connectivity index is 3.44. The van der Waals surface area contributed by atoms with Gasteiger partial charge < -0.3 is 8.60 Å². The Bertz CT molecular complexity index is 674. The highest BCUT2D eigenvalue weighted by atomic mass is 32.2. The Kier molecular flexibility index (Phi) is 5.98. The van der Waals surface area contributed by atoms with Crippen LogP contribution in [-0.4, -0.2) is 21.3 Å². The number of hydroxylamine groups is 1. The molecule has 1 aromatic heterocycles. The minimum atomic E-state index is -3.78. The summed E-state index contributed by atoms with van der Waals surface area (Å²) in [7, 11) is -3.78. The molecule has 0 spiro atoms. The van der Waals surface area contributed by atoms with Crippen molar-refractivity contribution in [3.8, 4) is 5.75 Å². The summed E-state index contributed by atoms with van der Waals surface area (Å²) in [6.07, 6.45) is 2.89. The maximum absolute atomic E-state index is 12.1. The van der Waals surface area contributed by atoms with Gasteiger partial charge in [0.15, 0.2) is 5.75 Å². The van der Waals surface area contributed by atoms with Crippen molar-refractivity contribution in [3.63, 3.8) is 0 Å². The lowest BCUT2D eigenvalue weighted by molar-refractivity contribution is 0.0895. The molecule has 0 bridgehead atoms. The van der Waals surface area contributed by atoms with Gasteiger partial charge in [0.05, 0.1) is 18.6 Å². The number of hydrogen-bond donors (Lipinski definition) is 1. The van der Waals surface area contributed by atoms with E-state index in [-0.39, 0.29) is 17.0 Å². The number of allylic oxidation sites excluding steroid dienone is 1. The lowest BCUT2D eigenvalue weighted by Gasteiger charge is -2.13. The molecule has 1 heterocycles. The topological polar surface area (TPSA) is 94.8 Å². The predicted molar refractivity (Wildman–Crippen MR) is 78.2 cm³/mol.